The molecule has 0 atom stereocenters. The largest absolute Gasteiger partial charge is 0.465 e. The summed E-state index contributed by atoms with van der Waals surface area (Å²) in [7, 11) is 1.21. The van der Waals surface area contributed by atoms with Crippen molar-refractivity contribution in [1.29, 1.82) is 0 Å². The maximum atomic E-state index is 11.0. The maximum Gasteiger partial charge on any atom is 0.338 e. The Bertz CT molecular complexity index is 396. The summed E-state index contributed by atoms with van der Waals surface area (Å²) in [5.41, 5.74) is -0.0757. The van der Waals surface area contributed by atoms with Crippen molar-refractivity contribution in [1.82, 2.24) is 0 Å². The summed E-state index contributed by atoms with van der Waals surface area (Å²) in [6.45, 7) is 0. The van der Waals surface area contributed by atoms with E-state index < -0.39 is 10.9 Å². The van der Waals surface area contributed by atoms with Crippen molar-refractivity contribution in [2.45, 2.75) is 4.90 Å². The van der Waals surface area contributed by atoms with Crippen molar-refractivity contribution in [2.75, 3.05) is 7.11 Å². The Balaban J connectivity index is 0.00000196. The van der Waals surface area contributed by atoms with Crippen LogP contribution in [0.25, 0.3) is 0 Å². The minimum Gasteiger partial charge on any atom is -0.465 e. The second-order valence-electron chi connectivity index (χ2n) is 2.45. The van der Waals surface area contributed by atoms with Gasteiger partial charge in [0, 0.05) is 35.6 Å². The second kappa shape index (κ2) is 6.12. The molecule has 5 nitrogen and oxygen atoms in total. The number of benzene rings is 1. The van der Waals surface area contributed by atoms with Crippen molar-refractivity contribution >= 4 is 53.8 Å². The van der Waals surface area contributed by atoms with E-state index in [1.54, 1.807) is 0 Å². The predicted octanol–water partition coefficient (Wildman–Crippen LogP) is 1.29. The molecule has 0 saturated heterocycles. The van der Waals surface area contributed by atoms with Gasteiger partial charge in [-0.15, -0.1) is 12.6 Å². The van der Waals surface area contributed by atoms with Crippen LogP contribution in [0.4, 0.5) is 5.69 Å². The molecule has 0 heterocycles. The van der Waals surface area contributed by atoms with Crippen molar-refractivity contribution in [3.05, 3.63) is 33.9 Å². The zero-order chi connectivity index (χ0) is 10.7. The summed E-state index contributed by atoms with van der Waals surface area (Å²) in [5.74, 6) is -0.610. The molecular weight excluding hydrogens is 229 g/mol. The summed E-state index contributed by atoms with van der Waals surface area (Å²) in [6.07, 6.45) is 0. The van der Waals surface area contributed by atoms with Gasteiger partial charge in [-0.3, -0.25) is 10.1 Å². The Kier molecular flexibility index (Phi) is 5.89. The van der Waals surface area contributed by atoms with Crippen LogP contribution >= 0.6 is 12.6 Å². The minimum absolute atomic E-state index is 0. The SMILES string of the molecule is COC(=O)c1ccc(S)c([N+](=O)[O-])c1.[Na]. The maximum absolute atomic E-state index is 11.0. The van der Waals surface area contributed by atoms with Crippen LogP contribution in [-0.4, -0.2) is 47.6 Å². The van der Waals surface area contributed by atoms with Gasteiger partial charge in [-0.2, -0.15) is 0 Å². The molecule has 0 aromatic heterocycles. The molecule has 1 radical (unpaired) electrons. The van der Waals surface area contributed by atoms with Crippen LogP contribution in [0.2, 0.25) is 0 Å². The molecule has 0 unspecified atom stereocenters. The van der Waals surface area contributed by atoms with Crippen LogP contribution in [0.15, 0.2) is 23.1 Å². The fourth-order valence-electron chi connectivity index (χ4n) is 0.914. The molecule has 7 heteroatoms. The van der Waals surface area contributed by atoms with Gasteiger partial charge in [-0.25, -0.2) is 4.79 Å². The molecule has 1 aromatic carbocycles. The van der Waals surface area contributed by atoms with E-state index in [4.69, 9.17) is 0 Å². The molecule has 1 rings (SSSR count). The smallest absolute Gasteiger partial charge is 0.338 e. The Labute approximate surface area is 114 Å². The quantitative estimate of drug-likeness (QED) is 0.276. The van der Waals surface area contributed by atoms with E-state index in [0.717, 1.165) is 6.07 Å². The number of ether oxygens (including phenoxy) is 1. The van der Waals surface area contributed by atoms with Crippen molar-refractivity contribution in [2.24, 2.45) is 0 Å². The van der Waals surface area contributed by atoms with Gasteiger partial charge in [-0.05, 0) is 12.1 Å². The Morgan fingerprint density at radius 2 is 2.13 bits per heavy atom. The van der Waals surface area contributed by atoms with Crippen LogP contribution in [0.1, 0.15) is 10.4 Å². The summed E-state index contributed by atoms with van der Waals surface area (Å²) in [4.78, 5) is 21.1. The Morgan fingerprint density at radius 3 is 2.60 bits per heavy atom. The van der Waals surface area contributed by atoms with Crippen molar-refractivity contribution in [3.8, 4) is 0 Å². The van der Waals surface area contributed by atoms with Gasteiger partial charge in [0.15, 0.2) is 0 Å². The summed E-state index contributed by atoms with van der Waals surface area (Å²) < 4.78 is 4.42. The number of hydrogen-bond donors (Lipinski definition) is 1. The first kappa shape index (κ1) is 14.4. The standard InChI is InChI=1S/C8H7NO4S.Na/c1-13-8(10)5-2-3-7(14)6(4-5)9(11)12;/h2-4,14H,1H3;. The van der Waals surface area contributed by atoms with Crippen LogP contribution in [0.5, 0.6) is 0 Å². The average molecular weight is 236 g/mol. The van der Waals surface area contributed by atoms with Gasteiger partial charge in [0.05, 0.1) is 22.5 Å². The first-order chi connectivity index (χ1) is 6.56. The second-order valence-corrected chi connectivity index (χ2v) is 2.93. The molecule has 75 valence electrons. The van der Waals surface area contributed by atoms with E-state index in [9.17, 15) is 14.9 Å². The van der Waals surface area contributed by atoms with E-state index in [2.05, 4.69) is 17.4 Å². The summed E-state index contributed by atoms with van der Waals surface area (Å²) in [5, 5.41) is 10.5. The van der Waals surface area contributed by atoms with E-state index in [1.165, 1.54) is 19.2 Å². The molecule has 0 aliphatic heterocycles. The number of esters is 1. The zero-order valence-corrected chi connectivity index (χ0v) is 11.2. The fraction of sp³-hybridized carbons (Fsp3) is 0.125. The monoisotopic (exact) mass is 236 g/mol. The van der Waals surface area contributed by atoms with Crippen LogP contribution in [0.3, 0.4) is 0 Å². The number of carbonyl (C=O) groups excluding carboxylic acids is 1. The van der Waals surface area contributed by atoms with Crippen molar-refractivity contribution < 1.29 is 14.5 Å². The molecule has 15 heavy (non-hydrogen) atoms. The molecule has 0 aliphatic carbocycles. The third kappa shape index (κ3) is 3.49. The van der Waals surface area contributed by atoms with Gasteiger partial charge in [0.1, 0.15) is 0 Å². The summed E-state index contributed by atoms with van der Waals surface area (Å²) >= 11 is 3.89. The van der Waals surface area contributed by atoms with Gasteiger partial charge in [-0.1, -0.05) is 0 Å². The first-order valence-corrected chi connectivity index (χ1v) is 4.06. The third-order valence-corrected chi connectivity index (χ3v) is 1.97. The Hall–Kier alpha value is -0.560. The predicted molar refractivity (Wildman–Crippen MR) is 57.4 cm³/mol. The third-order valence-electron chi connectivity index (χ3n) is 1.59. The number of thiol groups is 1. The fourth-order valence-corrected chi connectivity index (χ4v) is 1.14. The van der Waals surface area contributed by atoms with Gasteiger partial charge in [0.2, 0.25) is 0 Å². The van der Waals surface area contributed by atoms with E-state index in [1.807, 2.05) is 0 Å². The number of rotatable bonds is 2. The number of nitro benzene ring substituents is 1. The van der Waals surface area contributed by atoms with Crippen LogP contribution < -0.4 is 0 Å². The molecular formula is C8H7NNaO4S. The first-order valence-electron chi connectivity index (χ1n) is 3.62. The molecule has 0 bridgehead atoms. The molecule has 1 aromatic rings. The molecule has 0 spiro atoms. The average Bonchev–Trinajstić information content (AvgIpc) is 2.17. The van der Waals surface area contributed by atoms with Gasteiger partial charge >= 0.3 is 5.97 Å². The van der Waals surface area contributed by atoms with Gasteiger partial charge in [0.25, 0.3) is 5.69 Å². The van der Waals surface area contributed by atoms with E-state index in [0.29, 0.717) is 0 Å². The molecule has 0 saturated carbocycles. The number of methoxy groups -OCH3 is 1. The molecule has 0 amide bonds. The van der Waals surface area contributed by atoms with Crippen LogP contribution in [-0.2, 0) is 4.74 Å². The van der Waals surface area contributed by atoms with E-state index in [-0.39, 0.29) is 45.7 Å². The molecule has 0 fully saturated rings. The number of nitro groups is 1. The number of carbonyl (C=O) groups is 1. The van der Waals surface area contributed by atoms with Crippen molar-refractivity contribution in [3.63, 3.8) is 0 Å². The number of nitrogens with zero attached hydrogens (tertiary/aromatic N) is 1. The Morgan fingerprint density at radius 1 is 1.53 bits per heavy atom. The molecule has 0 N–H and O–H groups in total. The topological polar surface area (TPSA) is 69.4 Å². The molecule has 0 aliphatic rings. The van der Waals surface area contributed by atoms with E-state index >= 15 is 0 Å². The number of hydrogen-bond acceptors (Lipinski definition) is 5. The van der Waals surface area contributed by atoms with Crippen LogP contribution in [0, 0.1) is 10.1 Å². The van der Waals surface area contributed by atoms with Gasteiger partial charge < -0.3 is 4.74 Å². The minimum atomic E-state index is -0.610. The normalized spacial score (nSPS) is 8.93. The zero-order valence-electron chi connectivity index (χ0n) is 8.26. The summed E-state index contributed by atoms with van der Waals surface area (Å²) in [6, 6.07) is 3.93.